The topological polar surface area (TPSA) is 0 Å². The van der Waals surface area contributed by atoms with E-state index in [1.165, 1.54) is 12.1 Å². The molecule has 0 unspecified atom stereocenters. The highest BCUT2D eigenvalue weighted by molar-refractivity contribution is 7.80. The van der Waals surface area contributed by atoms with Crippen molar-refractivity contribution >= 4 is 12.6 Å². The Morgan fingerprint density at radius 3 is 2.50 bits per heavy atom. The van der Waals surface area contributed by atoms with Gasteiger partial charge in [-0.25, -0.2) is 4.39 Å². The van der Waals surface area contributed by atoms with Gasteiger partial charge in [0.15, 0.2) is 0 Å². The maximum absolute atomic E-state index is 12.1. The van der Waals surface area contributed by atoms with E-state index in [0.29, 0.717) is 4.90 Å². The lowest BCUT2D eigenvalue weighted by Gasteiger charge is -1.85. The smallest absolute Gasteiger partial charge is 0.124 e. The minimum Gasteiger partial charge on any atom is -0.207 e. The molecule has 0 aliphatic rings. The van der Waals surface area contributed by atoms with E-state index in [4.69, 9.17) is 0 Å². The van der Waals surface area contributed by atoms with E-state index < -0.39 is 0 Å². The van der Waals surface area contributed by atoms with Gasteiger partial charge in [0.2, 0.25) is 0 Å². The summed E-state index contributed by atoms with van der Waals surface area (Å²) in [6.45, 7) is 0. The molecule has 0 saturated carbocycles. The molecule has 0 spiro atoms. The Morgan fingerprint density at radius 1 is 1.38 bits per heavy atom. The first-order valence-electron chi connectivity index (χ1n) is 2.21. The number of benzene rings is 1. The van der Waals surface area contributed by atoms with Crippen molar-refractivity contribution in [2.75, 3.05) is 0 Å². The number of hydrogen-bond acceptors (Lipinski definition) is 0. The van der Waals surface area contributed by atoms with Gasteiger partial charge in [-0.05, 0) is 18.2 Å². The van der Waals surface area contributed by atoms with E-state index in [0.717, 1.165) is 0 Å². The second kappa shape index (κ2) is 2.09. The van der Waals surface area contributed by atoms with Crippen LogP contribution in [-0.2, 0) is 0 Å². The van der Waals surface area contributed by atoms with Crippen LogP contribution in [0.1, 0.15) is 0 Å². The Morgan fingerprint density at radius 2 is 2.12 bits per heavy atom. The maximum atomic E-state index is 12.1. The second-order valence-electron chi connectivity index (χ2n) is 1.46. The number of halogens is 1. The minimum absolute atomic E-state index is 0.266. The molecular formula is C6H4FS. The van der Waals surface area contributed by atoms with Crippen molar-refractivity contribution in [2.45, 2.75) is 4.90 Å². The molecule has 0 amide bonds. The van der Waals surface area contributed by atoms with Crippen LogP contribution < -0.4 is 0 Å². The van der Waals surface area contributed by atoms with Crippen molar-refractivity contribution in [1.82, 2.24) is 0 Å². The zero-order valence-corrected chi connectivity index (χ0v) is 4.91. The fourth-order valence-corrected chi connectivity index (χ4v) is 0.658. The highest BCUT2D eigenvalue weighted by atomic mass is 32.1. The van der Waals surface area contributed by atoms with Gasteiger partial charge in [0, 0.05) is 4.90 Å². The van der Waals surface area contributed by atoms with Gasteiger partial charge in [-0.3, -0.25) is 0 Å². The molecular weight excluding hydrogens is 123 g/mol. The summed E-state index contributed by atoms with van der Waals surface area (Å²) in [4.78, 5) is 0.546. The van der Waals surface area contributed by atoms with E-state index in [2.05, 4.69) is 12.6 Å². The van der Waals surface area contributed by atoms with Gasteiger partial charge in [0.25, 0.3) is 0 Å². The maximum Gasteiger partial charge on any atom is 0.124 e. The van der Waals surface area contributed by atoms with Crippen LogP contribution in [0.25, 0.3) is 0 Å². The Bertz CT molecular complexity index is 168. The molecule has 1 aromatic carbocycles. The second-order valence-corrected chi connectivity index (χ2v) is 1.93. The fourth-order valence-electron chi connectivity index (χ4n) is 0.467. The SMILES string of the molecule is Fc1cccc([S])c1. The molecule has 2 heteroatoms. The van der Waals surface area contributed by atoms with Crippen molar-refractivity contribution in [2.24, 2.45) is 0 Å². The average Bonchev–Trinajstić information content (AvgIpc) is 1.64. The molecule has 0 aromatic heterocycles. The quantitative estimate of drug-likeness (QED) is 0.502. The van der Waals surface area contributed by atoms with Crippen molar-refractivity contribution in [3.8, 4) is 0 Å². The first kappa shape index (κ1) is 5.51. The molecule has 0 heterocycles. The summed E-state index contributed by atoms with van der Waals surface area (Å²) >= 11 is 4.66. The largest absolute Gasteiger partial charge is 0.207 e. The molecule has 0 N–H and O–H groups in total. The molecule has 0 bridgehead atoms. The van der Waals surface area contributed by atoms with E-state index in [-0.39, 0.29) is 5.82 Å². The standard InChI is InChI=1S/C6H4FS/c7-5-2-1-3-6(8)4-5/h1-4H. The predicted octanol–water partition coefficient (Wildman–Crippen LogP) is 2.38. The molecule has 0 atom stereocenters. The third-order valence-corrected chi connectivity index (χ3v) is 1.05. The van der Waals surface area contributed by atoms with Crippen molar-refractivity contribution < 1.29 is 4.39 Å². The zero-order valence-electron chi connectivity index (χ0n) is 4.10. The van der Waals surface area contributed by atoms with E-state index in [1.54, 1.807) is 12.1 Å². The fraction of sp³-hybridized carbons (Fsp3) is 0. The summed E-state index contributed by atoms with van der Waals surface area (Å²) in [5.74, 6) is -0.266. The van der Waals surface area contributed by atoms with Gasteiger partial charge in [-0.1, -0.05) is 18.7 Å². The van der Waals surface area contributed by atoms with Crippen LogP contribution >= 0.6 is 12.6 Å². The Kier molecular flexibility index (Phi) is 1.44. The van der Waals surface area contributed by atoms with Crippen LogP contribution in [0.3, 0.4) is 0 Å². The van der Waals surface area contributed by atoms with Gasteiger partial charge in [0.1, 0.15) is 5.82 Å². The summed E-state index contributed by atoms with van der Waals surface area (Å²) in [7, 11) is 0. The molecule has 41 valence electrons. The van der Waals surface area contributed by atoms with Gasteiger partial charge in [0.05, 0.1) is 0 Å². The minimum atomic E-state index is -0.266. The third kappa shape index (κ3) is 1.17. The summed E-state index contributed by atoms with van der Waals surface area (Å²) in [6.07, 6.45) is 0. The lowest BCUT2D eigenvalue weighted by Crippen LogP contribution is -1.69. The van der Waals surface area contributed by atoms with Gasteiger partial charge in [-0.15, -0.1) is 0 Å². The van der Waals surface area contributed by atoms with Crippen molar-refractivity contribution in [3.05, 3.63) is 30.1 Å². The third-order valence-electron chi connectivity index (χ3n) is 0.796. The monoisotopic (exact) mass is 127 g/mol. The lowest BCUT2D eigenvalue weighted by molar-refractivity contribution is 0.624. The first-order chi connectivity index (χ1) is 3.79. The highest BCUT2D eigenvalue weighted by Crippen LogP contribution is 2.05. The van der Waals surface area contributed by atoms with Crippen LogP contribution in [0.5, 0.6) is 0 Å². The molecule has 0 fully saturated rings. The predicted molar refractivity (Wildman–Crippen MR) is 32.3 cm³/mol. The highest BCUT2D eigenvalue weighted by Gasteiger charge is 1.86. The lowest BCUT2D eigenvalue weighted by atomic mass is 10.4. The molecule has 1 aromatic rings. The first-order valence-corrected chi connectivity index (χ1v) is 2.62. The summed E-state index contributed by atoms with van der Waals surface area (Å²) in [5, 5.41) is 0. The molecule has 1 radical (unpaired) electrons. The molecule has 1 rings (SSSR count). The summed E-state index contributed by atoms with van der Waals surface area (Å²) < 4.78 is 12.1. The van der Waals surface area contributed by atoms with Crippen LogP contribution in [0.2, 0.25) is 0 Å². The van der Waals surface area contributed by atoms with Gasteiger partial charge in [-0.2, -0.15) is 0 Å². The van der Waals surface area contributed by atoms with Gasteiger partial charge >= 0.3 is 0 Å². The molecule has 8 heavy (non-hydrogen) atoms. The van der Waals surface area contributed by atoms with E-state index >= 15 is 0 Å². The van der Waals surface area contributed by atoms with Crippen LogP contribution in [0, 0.1) is 5.82 Å². The van der Waals surface area contributed by atoms with Gasteiger partial charge < -0.3 is 0 Å². The molecule has 0 aliphatic heterocycles. The zero-order chi connectivity index (χ0) is 5.98. The molecule has 0 nitrogen and oxygen atoms in total. The van der Waals surface area contributed by atoms with Crippen molar-refractivity contribution in [3.63, 3.8) is 0 Å². The van der Waals surface area contributed by atoms with Crippen molar-refractivity contribution in [1.29, 1.82) is 0 Å². The van der Waals surface area contributed by atoms with Crippen LogP contribution in [-0.4, -0.2) is 0 Å². The molecule has 0 saturated heterocycles. The van der Waals surface area contributed by atoms with Crippen LogP contribution in [0.15, 0.2) is 29.2 Å². The number of hydrogen-bond donors (Lipinski definition) is 0. The van der Waals surface area contributed by atoms with E-state index in [1.807, 2.05) is 0 Å². The average molecular weight is 127 g/mol. The summed E-state index contributed by atoms with van der Waals surface area (Å²) in [5.41, 5.74) is 0. The molecule has 0 aliphatic carbocycles. The normalized spacial score (nSPS) is 9.12. The number of rotatable bonds is 0. The Labute approximate surface area is 52.8 Å². The summed E-state index contributed by atoms with van der Waals surface area (Å²) in [6, 6.07) is 5.96. The Hall–Kier alpha value is -0.630. The van der Waals surface area contributed by atoms with Crippen LogP contribution in [0.4, 0.5) is 4.39 Å². The Balaban J connectivity index is 3.08. The van der Waals surface area contributed by atoms with E-state index in [9.17, 15) is 4.39 Å².